The van der Waals surface area contributed by atoms with Gasteiger partial charge in [0.25, 0.3) is 0 Å². The molecule has 0 saturated carbocycles. The Kier molecular flexibility index (Phi) is 5.05. The van der Waals surface area contributed by atoms with Gasteiger partial charge in [-0.15, -0.1) is 23.2 Å². The molecule has 0 aliphatic rings. The van der Waals surface area contributed by atoms with Crippen molar-refractivity contribution in [3.8, 4) is 5.75 Å². The van der Waals surface area contributed by atoms with Crippen molar-refractivity contribution in [2.75, 3.05) is 12.5 Å². The Hall–Kier alpha value is -0.470. The summed E-state index contributed by atoms with van der Waals surface area (Å²) in [5.74, 6) is 1.88. The largest absolute Gasteiger partial charge is 0.493 e. The molecule has 1 heterocycles. The third kappa shape index (κ3) is 3.03. The quantitative estimate of drug-likeness (QED) is 0.576. The lowest BCUT2D eigenvalue weighted by Gasteiger charge is -2.09. The minimum absolute atomic E-state index is 0.415. The fourth-order valence-corrected chi connectivity index (χ4v) is 1.47. The van der Waals surface area contributed by atoms with E-state index in [2.05, 4.69) is 4.98 Å². The molecule has 0 aliphatic carbocycles. The van der Waals surface area contributed by atoms with Crippen molar-refractivity contribution in [2.24, 2.45) is 0 Å². The molecule has 0 spiro atoms. The van der Waals surface area contributed by atoms with Gasteiger partial charge in [-0.2, -0.15) is 0 Å². The lowest BCUT2D eigenvalue weighted by atomic mass is 10.2. The number of hydrogen-bond donors (Lipinski definition) is 0. The second-order valence-corrected chi connectivity index (χ2v) is 3.55. The molecule has 1 aromatic rings. The van der Waals surface area contributed by atoms with Gasteiger partial charge in [0.15, 0.2) is 0 Å². The van der Waals surface area contributed by atoms with E-state index in [1.54, 1.807) is 6.20 Å². The van der Waals surface area contributed by atoms with Crippen molar-refractivity contribution in [1.82, 2.24) is 4.98 Å². The van der Waals surface area contributed by atoms with E-state index < -0.39 is 0 Å². The fraction of sp³-hybridized carbons (Fsp3) is 0.500. The standard InChI is InChI=1S/C10H13Cl2NO/c1-8-9(7-12)13-5-3-10(8)14-6-2-4-11/h3,5H,2,4,6-7H2,1H3. The van der Waals surface area contributed by atoms with Gasteiger partial charge in [0.05, 0.1) is 18.2 Å². The molecule has 0 atom stereocenters. The first-order chi connectivity index (χ1) is 6.79. The molecule has 78 valence electrons. The highest BCUT2D eigenvalue weighted by Crippen LogP contribution is 2.20. The van der Waals surface area contributed by atoms with E-state index in [-0.39, 0.29) is 0 Å². The highest BCUT2D eigenvalue weighted by atomic mass is 35.5. The van der Waals surface area contributed by atoms with Crippen LogP contribution in [0.4, 0.5) is 0 Å². The summed E-state index contributed by atoms with van der Waals surface area (Å²) in [5, 5.41) is 0. The number of ether oxygens (including phenoxy) is 1. The van der Waals surface area contributed by atoms with Crippen LogP contribution in [0.1, 0.15) is 17.7 Å². The van der Waals surface area contributed by atoms with E-state index in [1.165, 1.54) is 0 Å². The van der Waals surface area contributed by atoms with E-state index in [1.807, 2.05) is 13.0 Å². The smallest absolute Gasteiger partial charge is 0.125 e. The third-order valence-corrected chi connectivity index (χ3v) is 2.44. The van der Waals surface area contributed by atoms with Gasteiger partial charge in [-0.05, 0) is 19.4 Å². The summed E-state index contributed by atoms with van der Waals surface area (Å²) >= 11 is 11.3. The molecule has 2 nitrogen and oxygen atoms in total. The lowest BCUT2D eigenvalue weighted by Crippen LogP contribution is -2.01. The van der Waals surface area contributed by atoms with Crippen molar-refractivity contribution >= 4 is 23.2 Å². The van der Waals surface area contributed by atoms with E-state index in [0.29, 0.717) is 18.4 Å². The second kappa shape index (κ2) is 6.10. The number of nitrogens with zero attached hydrogens (tertiary/aromatic N) is 1. The zero-order valence-electron chi connectivity index (χ0n) is 8.09. The Bertz CT molecular complexity index is 291. The molecule has 0 amide bonds. The predicted octanol–water partition coefficient (Wildman–Crippen LogP) is 3.14. The minimum atomic E-state index is 0.415. The monoisotopic (exact) mass is 233 g/mol. The van der Waals surface area contributed by atoms with Gasteiger partial charge in [-0.3, -0.25) is 4.98 Å². The van der Waals surface area contributed by atoms with E-state index >= 15 is 0 Å². The second-order valence-electron chi connectivity index (χ2n) is 2.91. The molecule has 0 radical (unpaired) electrons. The number of rotatable bonds is 5. The summed E-state index contributed by atoms with van der Waals surface area (Å²) in [6.45, 7) is 2.59. The van der Waals surface area contributed by atoms with Crippen LogP contribution in [0.25, 0.3) is 0 Å². The van der Waals surface area contributed by atoms with Crippen LogP contribution in [0.3, 0.4) is 0 Å². The molecular formula is C10H13Cl2NO. The molecule has 1 aromatic heterocycles. The van der Waals surface area contributed by atoms with Gasteiger partial charge in [0.2, 0.25) is 0 Å². The molecular weight excluding hydrogens is 221 g/mol. The molecule has 0 bridgehead atoms. The van der Waals surface area contributed by atoms with Crippen molar-refractivity contribution in [1.29, 1.82) is 0 Å². The van der Waals surface area contributed by atoms with Crippen LogP contribution in [0.15, 0.2) is 12.3 Å². The maximum absolute atomic E-state index is 5.73. The number of halogens is 2. The molecule has 1 rings (SSSR count). The Labute approximate surface area is 94.2 Å². The Morgan fingerprint density at radius 3 is 2.86 bits per heavy atom. The van der Waals surface area contributed by atoms with E-state index in [4.69, 9.17) is 27.9 Å². The molecule has 0 fully saturated rings. The van der Waals surface area contributed by atoms with E-state index in [9.17, 15) is 0 Å². The van der Waals surface area contributed by atoms with Gasteiger partial charge in [-0.25, -0.2) is 0 Å². The van der Waals surface area contributed by atoms with Gasteiger partial charge >= 0.3 is 0 Å². The topological polar surface area (TPSA) is 22.1 Å². The van der Waals surface area contributed by atoms with Gasteiger partial charge in [-0.1, -0.05) is 0 Å². The van der Waals surface area contributed by atoms with Crippen molar-refractivity contribution in [3.63, 3.8) is 0 Å². The molecule has 14 heavy (non-hydrogen) atoms. The highest BCUT2D eigenvalue weighted by Gasteiger charge is 2.04. The fourth-order valence-electron chi connectivity index (χ4n) is 1.09. The minimum Gasteiger partial charge on any atom is -0.493 e. The number of alkyl halides is 2. The molecule has 4 heteroatoms. The van der Waals surface area contributed by atoms with Crippen molar-refractivity contribution < 1.29 is 4.74 Å². The summed E-state index contributed by atoms with van der Waals surface area (Å²) < 4.78 is 5.54. The van der Waals surface area contributed by atoms with Crippen LogP contribution >= 0.6 is 23.2 Å². The number of pyridine rings is 1. The average Bonchev–Trinajstić information content (AvgIpc) is 2.21. The Morgan fingerprint density at radius 1 is 1.43 bits per heavy atom. The van der Waals surface area contributed by atoms with Gasteiger partial charge in [0, 0.05) is 17.6 Å². The summed E-state index contributed by atoms with van der Waals surface area (Å²) in [6, 6.07) is 1.85. The molecule has 0 N–H and O–H groups in total. The first-order valence-electron chi connectivity index (χ1n) is 4.48. The van der Waals surface area contributed by atoms with Crippen molar-refractivity contribution in [2.45, 2.75) is 19.2 Å². The van der Waals surface area contributed by atoms with Crippen LogP contribution in [0.5, 0.6) is 5.75 Å². The lowest BCUT2D eigenvalue weighted by molar-refractivity contribution is 0.315. The van der Waals surface area contributed by atoms with Crippen LogP contribution in [0, 0.1) is 6.92 Å². The third-order valence-electron chi connectivity index (χ3n) is 1.92. The molecule has 0 unspecified atom stereocenters. The zero-order chi connectivity index (χ0) is 10.4. The SMILES string of the molecule is Cc1c(OCCCCl)ccnc1CCl. The van der Waals surface area contributed by atoms with Crippen molar-refractivity contribution in [3.05, 3.63) is 23.5 Å². The molecule has 0 aliphatic heterocycles. The maximum Gasteiger partial charge on any atom is 0.125 e. The maximum atomic E-state index is 5.73. The predicted molar refractivity (Wildman–Crippen MR) is 59.4 cm³/mol. The first kappa shape index (κ1) is 11.6. The zero-order valence-corrected chi connectivity index (χ0v) is 9.61. The summed E-state index contributed by atoms with van der Waals surface area (Å²) in [7, 11) is 0. The van der Waals surface area contributed by atoms with Crippen LogP contribution in [0.2, 0.25) is 0 Å². The average molecular weight is 234 g/mol. The Balaban J connectivity index is 2.66. The van der Waals surface area contributed by atoms with Gasteiger partial charge in [0.1, 0.15) is 5.75 Å². The number of aromatic nitrogens is 1. The van der Waals surface area contributed by atoms with Crippen LogP contribution in [-0.2, 0) is 5.88 Å². The normalized spacial score (nSPS) is 10.2. The summed E-state index contributed by atoms with van der Waals surface area (Å²) in [5.41, 5.74) is 1.88. The first-order valence-corrected chi connectivity index (χ1v) is 5.55. The summed E-state index contributed by atoms with van der Waals surface area (Å²) in [6.07, 6.45) is 2.56. The highest BCUT2D eigenvalue weighted by molar-refractivity contribution is 6.17. The van der Waals surface area contributed by atoms with Crippen LogP contribution in [-0.4, -0.2) is 17.5 Å². The van der Waals surface area contributed by atoms with Gasteiger partial charge < -0.3 is 4.74 Å². The van der Waals surface area contributed by atoms with Crippen LogP contribution < -0.4 is 4.74 Å². The number of hydrogen-bond acceptors (Lipinski definition) is 2. The van der Waals surface area contributed by atoms with E-state index in [0.717, 1.165) is 23.4 Å². The Morgan fingerprint density at radius 2 is 2.21 bits per heavy atom. The molecule has 0 aromatic carbocycles. The molecule has 0 saturated heterocycles. The summed E-state index contributed by atoms with van der Waals surface area (Å²) in [4.78, 5) is 4.15.